The highest BCUT2D eigenvalue weighted by molar-refractivity contribution is 7.25. The van der Waals surface area contributed by atoms with Crippen LogP contribution in [0.1, 0.15) is 0 Å². The molecule has 1 aromatic heterocycles. The molecule has 0 nitrogen and oxygen atoms in total. The lowest BCUT2D eigenvalue weighted by Gasteiger charge is -2.17. The molecule has 11 aromatic rings. The van der Waals surface area contributed by atoms with Crippen LogP contribution >= 0.6 is 11.3 Å². The number of rotatable bonds is 3. The smallest absolute Gasteiger partial charge is 0.0355 e. The van der Waals surface area contributed by atoms with Crippen LogP contribution in [-0.4, -0.2) is 0 Å². The van der Waals surface area contributed by atoms with E-state index in [4.69, 9.17) is 0 Å². The fourth-order valence-corrected chi connectivity index (χ4v) is 9.55. The minimum absolute atomic E-state index is 1.22. The predicted octanol–water partition coefficient (Wildman–Crippen LogP) is 14.8. The van der Waals surface area contributed by atoms with Gasteiger partial charge in [0.25, 0.3) is 0 Å². The van der Waals surface area contributed by atoms with E-state index in [-0.39, 0.29) is 0 Å². The van der Waals surface area contributed by atoms with Crippen LogP contribution in [0, 0.1) is 0 Å². The first-order valence-electron chi connectivity index (χ1n) is 17.6. The molecule has 0 aliphatic heterocycles. The summed E-state index contributed by atoms with van der Waals surface area (Å²) in [6.07, 6.45) is 0. The first-order chi connectivity index (χ1) is 25.3. The topological polar surface area (TPSA) is 0 Å². The molecule has 0 aliphatic carbocycles. The third-order valence-electron chi connectivity index (χ3n) is 10.8. The molecule has 0 fully saturated rings. The van der Waals surface area contributed by atoms with Gasteiger partial charge in [-0.25, -0.2) is 0 Å². The summed E-state index contributed by atoms with van der Waals surface area (Å²) in [5, 5.41) is 15.8. The molecule has 11 rings (SSSR count). The Kier molecular flexibility index (Phi) is 6.22. The number of benzene rings is 10. The Balaban J connectivity index is 1.09. The molecule has 0 saturated heterocycles. The summed E-state index contributed by atoms with van der Waals surface area (Å²) in [4.78, 5) is 0. The minimum atomic E-state index is 1.22. The van der Waals surface area contributed by atoms with Crippen LogP contribution in [0.5, 0.6) is 0 Å². The Hall–Kier alpha value is -6.28. The third-order valence-corrected chi connectivity index (χ3v) is 12.0. The molecular formula is C50H30S. The number of hydrogen-bond acceptors (Lipinski definition) is 1. The molecule has 1 heteroatoms. The van der Waals surface area contributed by atoms with Crippen molar-refractivity contribution in [3.8, 4) is 33.4 Å². The van der Waals surface area contributed by atoms with Crippen molar-refractivity contribution in [3.05, 3.63) is 182 Å². The Labute approximate surface area is 299 Å². The minimum Gasteiger partial charge on any atom is -0.135 e. The van der Waals surface area contributed by atoms with E-state index in [1.165, 1.54) is 107 Å². The van der Waals surface area contributed by atoms with Gasteiger partial charge in [0, 0.05) is 20.2 Å². The molecule has 0 aliphatic rings. The van der Waals surface area contributed by atoms with Gasteiger partial charge in [0.1, 0.15) is 0 Å². The molecule has 0 N–H and O–H groups in total. The Morgan fingerprint density at radius 2 is 0.588 bits per heavy atom. The highest BCUT2D eigenvalue weighted by atomic mass is 32.1. The SMILES string of the molecule is c1cc(-c2cccc(-c3ccc4c5ccccc5c5c6ccccc6c6ccccc6c5c4c3)c2)cc(-c2ccc3sc4ccccc4c3c2)c1. The normalized spacial score (nSPS) is 11.9. The van der Waals surface area contributed by atoms with Crippen molar-refractivity contribution in [3.63, 3.8) is 0 Å². The zero-order chi connectivity index (χ0) is 33.5. The summed E-state index contributed by atoms with van der Waals surface area (Å²) >= 11 is 1.87. The molecular weight excluding hydrogens is 633 g/mol. The maximum atomic E-state index is 2.43. The fourth-order valence-electron chi connectivity index (χ4n) is 8.46. The van der Waals surface area contributed by atoms with Crippen LogP contribution in [0.2, 0.25) is 0 Å². The zero-order valence-electron chi connectivity index (χ0n) is 27.7. The van der Waals surface area contributed by atoms with Gasteiger partial charge in [-0.05, 0) is 124 Å². The second-order valence-corrected chi connectivity index (χ2v) is 14.7. The quantitative estimate of drug-likeness (QED) is 0.165. The first kappa shape index (κ1) is 28.5. The molecule has 1 heterocycles. The van der Waals surface area contributed by atoms with E-state index in [0.29, 0.717) is 0 Å². The summed E-state index contributed by atoms with van der Waals surface area (Å²) in [6.45, 7) is 0. The van der Waals surface area contributed by atoms with Gasteiger partial charge in [-0.2, -0.15) is 0 Å². The van der Waals surface area contributed by atoms with Crippen molar-refractivity contribution < 1.29 is 0 Å². The molecule has 10 aromatic carbocycles. The molecule has 51 heavy (non-hydrogen) atoms. The van der Waals surface area contributed by atoms with Crippen molar-refractivity contribution in [2.24, 2.45) is 0 Å². The summed E-state index contributed by atoms with van der Waals surface area (Å²) in [5.74, 6) is 0. The second kappa shape index (κ2) is 11.1. The van der Waals surface area contributed by atoms with Gasteiger partial charge in [0.15, 0.2) is 0 Å². The molecule has 0 spiro atoms. The number of fused-ring (bicyclic) bond motifs is 14. The number of hydrogen-bond donors (Lipinski definition) is 0. The Morgan fingerprint density at radius 1 is 0.216 bits per heavy atom. The summed E-state index contributed by atoms with van der Waals surface area (Å²) < 4.78 is 2.67. The summed E-state index contributed by atoms with van der Waals surface area (Å²) in [7, 11) is 0. The molecule has 236 valence electrons. The lowest BCUT2D eigenvalue weighted by Crippen LogP contribution is -1.89. The molecule has 0 bridgehead atoms. The average molecular weight is 663 g/mol. The summed E-state index contributed by atoms with van der Waals surface area (Å²) in [6, 6.07) is 67.5. The van der Waals surface area contributed by atoms with E-state index >= 15 is 0 Å². The maximum absolute atomic E-state index is 2.43. The van der Waals surface area contributed by atoms with Crippen LogP contribution in [0.15, 0.2) is 182 Å². The van der Waals surface area contributed by atoms with Crippen LogP contribution in [-0.2, 0) is 0 Å². The van der Waals surface area contributed by atoms with E-state index in [2.05, 4.69) is 182 Å². The lowest BCUT2D eigenvalue weighted by molar-refractivity contribution is 1.59. The average Bonchev–Trinajstić information content (AvgIpc) is 3.58. The van der Waals surface area contributed by atoms with E-state index < -0.39 is 0 Å². The standard InChI is InChI=1S/C50H30S/c1-4-19-42-37(15-1)38-16-2-6-21-44(38)50-46-30-35(23-25-40(46)39-17-3-5-20-43(39)49(42)50)33-13-9-11-31(27-33)32-12-10-14-34(28-32)36-24-26-48-45(29-36)41-18-7-8-22-47(41)51-48/h1-30H. The Morgan fingerprint density at radius 3 is 1.14 bits per heavy atom. The lowest BCUT2D eigenvalue weighted by atomic mass is 9.86. The van der Waals surface area contributed by atoms with Gasteiger partial charge in [0.2, 0.25) is 0 Å². The summed E-state index contributed by atoms with van der Waals surface area (Å²) in [5.41, 5.74) is 7.37. The first-order valence-corrected chi connectivity index (χ1v) is 18.4. The van der Waals surface area contributed by atoms with Gasteiger partial charge in [-0.3, -0.25) is 0 Å². The van der Waals surface area contributed by atoms with Crippen LogP contribution in [0.4, 0.5) is 0 Å². The molecule has 0 saturated carbocycles. The second-order valence-electron chi connectivity index (χ2n) is 13.6. The van der Waals surface area contributed by atoms with Crippen LogP contribution in [0.3, 0.4) is 0 Å². The fraction of sp³-hybridized carbons (Fsp3) is 0. The molecule has 0 atom stereocenters. The number of thiophene rings is 1. The highest BCUT2D eigenvalue weighted by Gasteiger charge is 2.16. The third kappa shape index (κ3) is 4.39. The van der Waals surface area contributed by atoms with Crippen LogP contribution < -0.4 is 0 Å². The van der Waals surface area contributed by atoms with E-state index in [1.807, 2.05) is 11.3 Å². The highest BCUT2D eigenvalue weighted by Crippen LogP contribution is 2.45. The van der Waals surface area contributed by atoms with E-state index in [0.717, 1.165) is 0 Å². The predicted molar refractivity (Wildman–Crippen MR) is 223 cm³/mol. The zero-order valence-corrected chi connectivity index (χ0v) is 28.5. The van der Waals surface area contributed by atoms with E-state index in [9.17, 15) is 0 Å². The monoisotopic (exact) mass is 662 g/mol. The van der Waals surface area contributed by atoms with Gasteiger partial charge < -0.3 is 0 Å². The molecule has 0 radical (unpaired) electrons. The van der Waals surface area contributed by atoms with Crippen molar-refractivity contribution >= 4 is 85.4 Å². The van der Waals surface area contributed by atoms with Gasteiger partial charge in [-0.1, -0.05) is 146 Å². The largest absolute Gasteiger partial charge is 0.135 e. The Bertz CT molecular complexity index is 3180. The van der Waals surface area contributed by atoms with Crippen molar-refractivity contribution in [1.82, 2.24) is 0 Å². The van der Waals surface area contributed by atoms with Gasteiger partial charge in [0.05, 0.1) is 0 Å². The maximum Gasteiger partial charge on any atom is 0.0355 e. The van der Waals surface area contributed by atoms with Crippen molar-refractivity contribution in [1.29, 1.82) is 0 Å². The molecule has 0 unspecified atom stereocenters. The van der Waals surface area contributed by atoms with Crippen molar-refractivity contribution in [2.75, 3.05) is 0 Å². The van der Waals surface area contributed by atoms with Gasteiger partial charge in [-0.15, -0.1) is 11.3 Å². The van der Waals surface area contributed by atoms with Crippen molar-refractivity contribution in [2.45, 2.75) is 0 Å². The van der Waals surface area contributed by atoms with Gasteiger partial charge >= 0.3 is 0 Å². The molecule has 0 amide bonds. The van der Waals surface area contributed by atoms with Crippen LogP contribution in [0.25, 0.3) is 107 Å². The van der Waals surface area contributed by atoms with E-state index in [1.54, 1.807) is 0 Å².